The highest BCUT2D eigenvalue weighted by molar-refractivity contribution is 7.98. The summed E-state index contributed by atoms with van der Waals surface area (Å²) in [4.78, 5) is 31.4. The Morgan fingerprint density at radius 1 is 1.12 bits per heavy atom. The molecule has 0 unspecified atom stereocenters. The second-order valence-corrected chi connectivity index (χ2v) is 10.00. The van der Waals surface area contributed by atoms with Crippen LogP contribution in [0.5, 0.6) is 0 Å². The SMILES string of the molecule is CSc1nn(CC(=O)NCCc2ccccc2)c2nc3c(c(=O)n12)C(C)(C)Cc1ccccc1-3. The smallest absolute Gasteiger partial charge is 0.265 e. The van der Waals surface area contributed by atoms with Gasteiger partial charge in [0.05, 0.1) is 11.3 Å². The Bertz CT molecular complexity index is 1440. The van der Waals surface area contributed by atoms with Gasteiger partial charge < -0.3 is 5.32 Å². The first-order chi connectivity index (χ1) is 16.4. The van der Waals surface area contributed by atoms with E-state index in [2.05, 4.69) is 30.3 Å². The molecule has 8 heteroatoms. The van der Waals surface area contributed by atoms with Crippen molar-refractivity contribution in [1.29, 1.82) is 0 Å². The Morgan fingerprint density at radius 2 is 1.85 bits per heavy atom. The number of thioether (sulfide) groups is 1. The van der Waals surface area contributed by atoms with Gasteiger partial charge in [0.15, 0.2) is 5.16 Å². The summed E-state index contributed by atoms with van der Waals surface area (Å²) in [6, 6.07) is 18.1. The summed E-state index contributed by atoms with van der Waals surface area (Å²) in [5, 5.41) is 8.05. The van der Waals surface area contributed by atoms with Crippen molar-refractivity contribution in [3.63, 3.8) is 0 Å². The molecule has 34 heavy (non-hydrogen) atoms. The lowest BCUT2D eigenvalue weighted by Crippen LogP contribution is -2.36. The molecule has 0 bridgehead atoms. The molecule has 4 aromatic rings. The van der Waals surface area contributed by atoms with Gasteiger partial charge in [0.2, 0.25) is 11.7 Å². The van der Waals surface area contributed by atoms with Crippen molar-refractivity contribution in [2.75, 3.05) is 12.8 Å². The van der Waals surface area contributed by atoms with Gasteiger partial charge in [-0.25, -0.2) is 14.1 Å². The molecule has 0 saturated carbocycles. The van der Waals surface area contributed by atoms with Crippen molar-refractivity contribution in [2.24, 2.45) is 0 Å². The summed E-state index contributed by atoms with van der Waals surface area (Å²) in [6.45, 7) is 4.69. The van der Waals surface area contributed by atoms with Gasteiger partial charge in [0.25, 0.3) is 5.56 Å². The van der Waals surface area contributed by atoms with Crippen molar-refractivity contribution >= 4 is 23.4 Å². The summed E-state index contributed by atoms with van der Waals surface area (Å²) in [5.74, 6) is 0.222. The normalized spacial score (nSPS) is 14.0. The topological polar surface area (TPSA) is 81.3 Å². The van der Waals surface area contributed by atoms with Crippen molar-refractivity contribution in [3.8, 4) is 11.3 Å². The Kier molecular flexibility index (Phi) is 5.77. The predicted octanol–water partition coefficient (Wildman–Crippen LogP) is 3.47. The molecule has 0 spiro atoms. The van der Waals surface area contributed by atoms with E-state index >= 15 is 0 Å². The molecule has 174 valence electrons. The molecule has 2 aromatic carbocycles. The molecule has 0 aliphatic heterocycles. The maximum Gasteiger partial charge on any atom is 0.265 e. The minimum absolute atomic E-state index is 0.00485. The molecule has 7 nitrogen and oxygen atoms in total. The van der Waals surface area contributed by atoms with Crippen LogP contribution in [-0.2, 0) is 29.6 Å². The van der Waals surface area contributed by atoms with E-state index in [9.17, 15) is 9.59 Å². The van der Waals surface area contributed by atoms with Gasteiger partial charge in [-0.15, -0.1) is 5.10 Å². The van der Waals surface area contributed by atoms with Crippen molar-refractivity contribution in [2.45, 2.75) is 43.8 Å². The number of nitrogens with zero attached hydrogens (tertiary/aromatic N) is 4. The van der Waals surface area contributed by atoms with Gasteiger partial charge in [-0.2, -0.15) is 0 Å². The van der Waals surface area contributed by atoms with Gasteiger partial charge >= 0.3 is 0 Å². The first-order valence-electron chi connectivity index (χ1n) is 11.4. The molecule has 0 saturated heterocycles. The quantitative estimate of drug-likeness (QED) is 0.434. The first kappa shape index (κ1) is 22.4. The lowest BCUT2D eigenvalue weighted by Gasteiger charge is -2.32. The highest BCUT2D eigenvalue weighted by atomic mass is 32.2. The molecule has 0 fully saturated rings. The van der Waals surface area contributed by atoms with E-state index in [1.807, 2.05) is 54.8 Å². The molecular formula is C26H27N5O2S. The molecule has 0 radical (unpaired) electrons. The van der Waals surface area contributed by atoms with E-state index in [1.165, 1.54) is 22.0 Å². The Labute approximate surface area is 202 Å². The van der Waals surface area contributed by atoms with E-state index in [4.69, 9.17) is 4.98 Å². The first-order valence-corrected chi connectivity index (χ1v) is 12.6. The van der Waals surface area contributed by atoms with E-state index in [1.54, 1.807) is 4.40 Å². The number of benzene rings is 2. The van der Waals surface area contributed by atoms with Crippen LogP contribution in [-0.4, -0.2) is 37.9 Å². The number of amides is 1. The number of aromatic nitrogens is 4. The number of rotatable bonds is 6. The Morgan fingerprint density at radius 3 is 2.62 bits per heavy atom. The highest BCUT2D eigenvalue weighted by Crippen LogP contribution is 2.40. The van der Waals surface area contributed by atoms with Crippen molar-refractivity contribution < 1.29 is 4.79 Å². The van der Waals surface area contributed by atoms with Gasteiger partial charge in [-0.1, -0.05) is 80.2 Å². The average Bonchev–Trinajstić information content (AvgIpc) is 3.17. The second-order valence-electron chi connectivity index (χ2n) is 9.22. The molecule has 1 amide bonds. The maximum absolute atomic E-state index is 13.8. The van der Waals surface area contributed by atoms with Crippen LogP contribution in [0.3, 0.4) is 0 Å². The summed E-state index contributed by atoms with van der Waals surface area (Å²) in [7, 11) is 0. The summed E-state index contributed by atoms with van der Waals surface area (Å²) < 4.78 is 3.09. The van der Waals surface area contributed by atoms with Crippen LogP contribution < -0.4 is 10.9 Å². The number of fused-ring (bicyclic) bond motifs is 4. The molecule has 1 aliphatic carbocycles. The third-order valence-corrected chi connectivity index (χ3v) is 6.96. The number of nitrogens with one attached hydrogen (secondary N) is 1. The average molecular weight is 474 g/mol. The molecule has 1 N–H and O–H groups in total. The minimum atomic E-state index is -0.360. The second kappa shape index (κ2) is 8.76. The standard InChI is InChI=1S/C26H27N5O2S/c1-26(2)15-18-11-7-8-12-19(18)22-21(26)23(33)31-24(28-22)30(29-25(31)34-3)16-20(32)27-14-13-17-9-5-4-6-10-17/h4-12H,13-16H2,1-3H3,(H,27,32). The molecule has 2 heterocycles. The highest BCUT2D eigenvalue weighted by Gasteiger charge is 2.36. The maximum atomic E-state index is 13.8. The van der Waals surface area contributed by atoms with E-state index in [0.29, 0.717) is 28.7 Å². The zero-order valence-electron chi connectivity index (χ0n) is 19.5. The van der Waals surface area contributed by atoms with Gasteiger partial charge in [0.1, 0.15) is 6.54 Å². The Balaban J connectivity index is 1.51. The largest absolute Gasteiger partial charge is 0.354 e. The third-order valence-electron chi connectivity index (χ3n) is 6.33. The zero-order valence-corrected chi connectivity index (χ0v) is 20.4. The van der Waals surface area contributed by atoms with Crippen LogP contribution in [0.1, 0.15) is 30.5 Å². The van der Waals surface area contributed by atoms with Crippen LogP contribution in [0.15, 0.2) is 64.5 Å². The molecule has 5 rings (SSSR count). The van der Waals surface area contributed by atoms with Crippen LogP contribution in [0.4, 0.5) is 0 Å². The summed E-state index contributed by atoms with van der Waals surface area (Å²) >= 11 is 1.37. The monoisotopic (exact) mass is 473 g/mol. The number of carbonyl (C=O) groups excluding carboxylic acids is 1. The Hall–Kier alpha value is -3.39. The van der Waals surface area contributed by atoms with Crippen molar-refractivity contribution in [1.82, 2.24) is 24.5 Å². The summed E-state index contributed by atoms with van der Waals surface area (Å²) in [5.41, 5.74) is 4.23. The van der Waals surface area contributed by atoms with Gasteiger partial charge in [0, 0.05) is 17.5 Å². The lowest BCUT2D eigenvalue weighted by molar-refractivity contribution is -0.121. The number of carbonyl (C=O) groups is 1. The van der Waals surface area contributed by atoms with Crippen LogP contribution >= 0.6 is 11.8 Å². The molecule has 2 aromatic heterocycles. The van der Waals surface area contributed by atoms with E-state index in [-0.39, 0.29) is 23.4 Å². The van der Waals surface area contributed by atoms with Gasteiger partial charge in [-0.3, -0.25) is 9.59 Å². The van der Waals surface area contributed by atoms with E-state index < -0.39 is 0 Å². The molecule has 1 aliphatic rings. The lowest BCUT2D eigenvalue weighted by atomic mass is 9.72. The number of hydrogen-bond donors (Lipinski definition) is 1. The van der Waals surface area contributed by atoms with Crippen molar-refractivity contribution in [3.05, 3.63) is 81.6 Å². The third kappa shape index (κ3) is 3.92. The molecular weight excluding hydrogens is 446 g/mol. The zero-order chi connectivity index (χ0) is 23.9. The summed E-state index contributed by atoms with van der Waals surface area (Å²) in [6.07, 6.45) is 3.39. The van der Waals surface area contributed by atoms with Crippen LogP contribution in [0.25, 0.3) is 17.0 Å². The predicted molar refractivity (Wildman–Crippen MR) is 134 cm³/mol. The molecule has 0 atom stereocenters. The minimum Gasteiger partial charge on any atom is -0.354 e. The fourth-order valence-corrected chi connectivity index (χ4v) is 5.27. The van der Waals surface area contributed by atoms with Crippen LogP contribution in [0.2, 0.25) is 0 Å². The van der Waals surface area contributed by atoms with E-state index in [0.717, 1.165) is 24.0 Å². The van der Waals surface area contributed by atoms with Gasteiger partial charge in [-0.05, 0) is 30.2 Å². The number of hydrogen-bond acceptors (Lipinski definition) is 5. The fourth-order valence-electron chi connectivity index (χ4n) is 4.74. The fraction of sp³-hybridized carbons (Fsp3) is 0.308. The van der Waals surface area contributed by atoms with Crippen LogP contribution in [0, 0.1) is 0 Å².